The van der Waals surface area contributed by atoms with E-state index in [1.165, 1.54) is 56.6 Å². The molecule has 1 heterocycles. The smallest absolute Gasteiger partial charge is 0.00673 e. The predicted octanol–water partition coefficient (Wildman–Crippen LogP) is 3.93. The molecule has 1 nitrogen and oxygen atoms in total. The molecule has 0 spiro atoms. The SMILES string of the molecule is CC(C)C1CCC(NCC2CCSCC2)CC1. The van der Waals surface area contributed by atoms with Gasteiger partial charge in [0.2, 0.25) is 0 Å². The van der Waals surface area contributed by atoms with Crippen LogP contribution in [0.15, 0.2) is 0 Å². The quantitative estimate of drug-likeness (QED) is 0.817. The molecule has 0 radical (unpaired) electrons. The first-order chi connectivity index (χ1) is 8.25. The Kier molecular flexibility index (Phi) is 5.68. The number of thioether (sulfide) groups is 1. The Morgan fingerprint density at radius 3 is 2.24 bits per heavy atom. The Bertz CT molecular complexity index is 203. The van der Waals surface area contributed by atoms with E-state index in [1.54, 1.807) is 0 Å². The summed E-state index contributed by atoms with van der Waals surface area (Å²) in [6.45, 7) is 6.06. The molecule has 1 aliphatic heterocycles. The molecule has 1 saturated heterocycles. The van der Waals surface area contributed by atoms with E-state index in [0.717, 1.165) is 23.8 Å². The Hall–Kier alpha value is 0.310. The molecule has 0 bridgehead atoms. The highest BCUT2D eigenvalue weighted by Gasteiger charge is 2.23. The molecule has 17 heavy (non-hydrogen) atoms. The molecule has 0 aromatic carbocycles. The van der Waals surface area contributed by atoms with Crippen molar-refractivity contribution in [3.63, 3.8) is 0 Å². The van der Waals surface area contributed by atoms with Crippen molar-refractivity contribution in [2.24, 2.45) is 17.8 Å². The van der Waals surface area contributed by atoms with Crippen LogP contribution in [-0.4, -0.2) is 24.1 Å². The van der Waals surface area contributed by atoms with Crippen LogP contribution < -0.4 is 5.32 Å². The first-order valence-corrected chi connectivity index (χ1v) is 8.72. The molecule has 2 heteroatoms. The van der Waals surface area contributed by atoms with Gasteiger partial charge < -0.3 is 5.32 Å². The van der Waals surface area contributed by atoms with Crippen LogP contribution in [0.25, 0.3) is 0 Å². The molecule has 1 aliphatic carbocycles. The van der Waals surface area contributed by atoms with Crippen molar-refractivity contribution in [1.29, 1.82) is 0 Å². The fraction of sp³-hybridized carbons (Fsp3) is 1.00. The summed E-state index contributed by atoms with van der Waals surface area (Å²) in [5.41, 5.74) is 0. The molecule has 0 aromatic rings. The first kappa shape index (κ1) is 13.7. The minimum absolute atomic E-state index is 0.833. The number of hydrogen-bond acceptors (Lipinski definition) is 2. The van der Waals surface area contributed by atoms with Gasteiger partial charge in [-0.3, -0.25) is 0 Å². The highest BCUT2D eigenvalue weighted by atomic mass is 32.2. The first-order valence-electron chi connectivity index (χ1n) is 7.57. The summed E-state index contributed by atoms with van der Waals surface area (Å²) in [6.07, 6.45) is 8.64. The molecule has 1 saturated carbocycles. The molecular weight excluding hydrogens is 226 g/mol. The van der Waals surface area contributed by atoms with Crippen molar-refractivity contribution in [3.05, 3.63) is 0 Å². The maximum absolute atomic E-state index is 3.84. The van der Waals surface area contributed by atoms with E-state index in [9.17, 15) is 0 Å². The summed E-state index contributed by atoms with van der Waals surface area (Å²) in [7, 11) is 0. The van der Waals surface area contributed by atoms with Crippen molar-refractivity contribution >= 4 is 11.8 Å². The molecule has 2 aliphatic rings. The normalized spacial score (nSPS) is 31.9. The molecule has 0 atom stereocenters. The zero-order chi connectivity index (χ0) is 12.1. The van der Waals surface area contributed by atoms with Crippen molar-refractivity contribution in [3.8, 4) is 0 Å². The average Bonchev–Trinajstić information content (AvgIpc) is 2.38. The lowest BCUT2D eigenvalue weighted by atomic mass is 9.79. The fourth-order valence-electron chi connectivity index (χ4n) is 3.27. The zero-order valence-electron chi connectivity index (χ0n) is 11.6. The van der Waals surface area contributed by atoms with Crippen LogP contribution in [0.5, 0.6) is 0 Å². The Balaban J connectivity index is 1.61. The highest BCUT2D eigenvalue weighted by Crippen LogP contribution is 2.30. The van der Waals surface area contributed by atoms with Crippen LogP contribution in [0.1, 0.15) is 52.4 Å². The fourth-order valence-corrected chi connectivity index (χ4v) is 4.48. The molecular formula is C15H29NS. The van der Waals surface area contributed by atoms with Crippen molar-refractivity contribution < 1.29 is 0 Å². The Morgan fingerprint density at radius 2 is 1.65 bits per heavy atom. The summed E-state index contributed by atoms with van der Waals surface area (Å²) in [6, 6.07) is 0.833. The Morgan fingerprint density at radius 1 is 1.00 bits per heavy atom. The number of rotatable bonds is 4. The van der Waals surface area contributed by atoms with Crippen LogP contribution in [0, 0.1) is 17.8 Å². The lowest BCUT2D eigenvalue weighted by molar-refractivity contribution is 0.232. The van der Waals surface area contributed by atoms with Crippen molar-refractivity contribution in [1.82, 2.24) is 5.32 Å². The minimum atomic E-state index is 0.833. The molecule has 100 valence electrons. The molecule has 1 N–H and O–H groups in total. The van der Waals surface area contributed by atoms with Gasteiger partial charge in [-0.15, -0.1) is 0 Å². The third-order valence-corrected chi connectivity index (χ3v) is 5.80. The second-order valence-corrected chi connectivity index (χ2v) is 7.54. The summed E-state index contributed by atoms with van der Waals surface area (Å²) in [5, 5.41) is 3.84. The second kappa shape index (κ2) is 7.04. The summed E-state index contributed by atoms with van der Waals surface area (Å²) >= 11 is 2.14. The largest absolute Gasteiger partial charge is 0.314 e. The lowest BCUT2D eigenvalue weighted by Crippen LogP contribution is -2.37. The van der Waals surface area contributed by atoms with E-state index in [1.807, 2.05) is 0 Å². The van der Waals surface area contributed by atoms with Crippen LogP contribution >= 0.6 is 11.8 Å². The number of nitrogens with one attached hydrogen (secondary N) is 1. The standard InChI is InChI=1S/C15H29NS/c1-12(2)14-3-5-15(6-4-14)16-11-13-7-9-17-10-8-13/h12-16H,3-11H2,1-2H3. The van der Waals surface area contributed by atoms with Gasteiger partial charge in [-0.25, -0.2) is 0 Å². The van der Waals surface area contributed by atoms with Gasteiger partial charge in [0.15, 0.2) is 0 Å². The van der Waals surface area contributed by atoms with E-state index in [4.69, 9.17) is 0 Å². The molecule has 0 unspecified atom stereocenters. The minimum Gasteiger partial charge on any atom is -0.314 e. The van der Waals surface area contributed by atoms with Crippen LogP contribution in [-0.2, 0) is 0 Å². The van der Waals surface area contributed by atoms with Gasteiger partial charge in [-0.05, 0) is 74.3 Å². The highest BCUT2D eigenvalue weighted by molar-refractivity contribution is 7.99. The van der Waals surface area contributed by atoms with Crippen LogP contribution in [0.3, 0.4) is 0 Å². The van der Waals surface area contributed by atoms with Crippen molar-refractivity contribution in [2.75, 3.05) is 18.1 Å². The van der Waals surface area contributed by atoms with Crippen molar-refractivity contribution in [2.45, 2.75) is 58.4 Å². The summed E-state index contributed by atoms with van der Waals surface area (Å²) in [4.78, 5) is 0. The van der Waals surface area contributed by atoms with Gasteiger partial charge >= 0.3 is 0 Å². The lowest BCUT2D eigenvalue weighted by Gasteiger charge is -2.32. The maximum Gasteiger partial charge on any atom is 0.00673 e. The van der Waals surface area contributed by atoms with Gasteiger partial charge in [0.05, 0.1) is 0 Å². The van der Waals surface area contributed by atoms with Gasteiger partial charge in [0, 0.05) is 6.04 Å². The van der Waals surface area contributed by atoms with Gasteiger partial charge in [-0.1, -0.05) is 13.8 Å². The maximum atomic E-state index is 3.84. The van der Waals surface area contributed by atoms with E-state index >= 15 is 0 Å². The summed E-state index contributed by atoms with van der Waals surface area (Å²) < 4.78 is 0. The third kappa shape index (κ3) is 4.48. The topological polar surface area (TPSA) is 12.0 Å². The third-order valence-electron chi connectivity index (χ3n) is 4.75. The number of hydrogen-bond donors (Lipinski definition) is 1. The molecule has 0 aromatic heterocycles. The zero-order valence-corrected chi connectivity index (χ0v) is 12.4. The second-order valence-electron chi connectivity index (χ2n) is 6.32. The molecule has 0 amide bonds. The van der Waals surface area contributed by atoms with E-state index in [-0.39, 0.29) is 0 Å². The van der Waals surface area contributed by atoms with E-state index in [2.05, 4.69) is 30.9 Å². The average molecular weight is 255 g/mol. The molecule has 2 fully saturated rings. The predicted molar refractivity (Wildman–Crippen MR) is 78.6 cm³/mol. The molecule has 2 rings (SSSR count). The monoisotopic (exact) mass is 255 g/mol. The summed E-state index contributed by atoms with van der Waals surface area (Å²) in [5.74, 6) is 5.66. The van der Waals surface area contributed by atoms with E-state index in [0.29, 0.717) is 0 Å². The van der Waals surface area contributed by atoms with Gasteiger partial charge in [0.25, 0.3) is 0 Å². The van der Waals surface area contributed by atoms with E-state index < -0.39 is 0 Å². The Labute approximate surface area is 112 Å². The van der Waals surface area contributed by atoms with Gasteiger partial charge in [0.1, 0.15) is 0 Å². The van der Waals surface area contributed by atoms with Crippen LogP contribution in [0.4, 0.5) is 0 Å². The van der Waals surface area contributed by atoms with Crippen LogP contribution in [0.2, 0.25) is 0 Å². The van der Waals surface area contributed by atoms with Gasteiger partial charge in [-0.2, -0.15) is 11.8 Å².